The fourth-order valence-corrected chi connectivity index (χ4v) is 4.84. The fourth-order valence-electron chi connectivity index (χ4n) is 4.84. The van der Waals surface area contributed by atoms with Crippen molar-refractivity contribution in [2.75, 3.05) is 12.3 Å². The molecule has 1 aliphatic heterocycles. The molecule has 2 aromatic carbocycles. The van der Waals surface area contributed by atoms with Crippen LogP contribution in [0.25, 0.3) is 11.2 Å². The minimum Gasteiger partial charge on any atom is -0.390 e. The standard InChI is InChI=1S/C27H30N6O5/c28-25-21-26(31-14-30-25)33(15-32-21)27-23(37)22(36)24(38-27)19(34)11-12-20(35)29-13-18(16-7-3-1-4-8-16)17-9-5-2-6-10-17/h1-10,14-15,18-19,22-24,27,34,36-37H,11-13H2,(H,29,35)(H2,28,30,31)/t19?,22-,23+,24+,27+/m0/s1. The third kappa shape index (κ3) is 5.22. The highest BCUT2D eigenvalue weighted by atomic mass is 16.6. The van der Waals surface area contributed by atoms with Gasteiger partial charge in [-0.3, -0.25) is 9.36 Å². The van der Waals surface area contributed by atoms with Crippen LogP contribution in [0.5, 0.6) is 0 Å². The number of imidazole rings is 1. The summed E-state index contributed by atoms with van der Waals surface area (Å²) in [7, 11) is 0. The number of aromatic nitrogens is 4. The Morgan fingerprint density at radius 1 is 1.00 bits per heavy atom. The van der Waals surface area contributed by atoms with Crippen LogP contribution in [0.15, 0.2) is 73.3 Å². The van der Waals surface area contributed by atoms with Gasteiger partial charge in [-0.2, -0.15) is 0 Å². The lowest BCUT2D eigenvalue weighted by Crippen LogP contribution is -2.39. The van der Waals surface area contributed by atoms with E-state index in [0.29, 0.717) is 17.7 Å². The van der Waals surface area contributed by atoms with Gasteiger partial charge in [-0.25, -0.2) is 15.0 Å². The van der Waals surface area contributed by atoms with E-state index in [1.54, 1.807) is 0 Å². The van der Waals surface area contributed by atoms with E-state index >= 15 is 0 Å². The van der Waals surface area contributed by atoms with E-state index in [1.807, 2.05) is 60.7 Å². The molecule has 11 nitrogen and oxygen atoms in total. The van der Waals surface area contributed by atoms with Crippen molar-refractivity contribution in [3.63, 3.8) is 0 Å². The molecule has 6 N–H and O–H groups in total. The zero-order chi connectivity index (χ0) is 26.6. The average Bonchev–Trinajstić information content (AvgIpc) is 3.50. The molecule has 5 atom stereocenters. The lowest BCUT2D eigenvalue weighted by atomic mass is 9.91. The molecule has 0 spiro atoms. The molecule has 0 aliphatic carbocycles. The van der Waals surface area contributed by atoms with Crippen LogP contribution < -0.4 is 11.1 Å². The van der Waals surface area contributed by atoms with Crippen LogP contribution >= 0.6 is 0 Å². The van der Waals surface area contributed by atoms with Crippen molar-refractivity contribution in [1.29, 1.82) is 0 Å². The van der Waals surface area contributed by atoms with Crippen molar-refractivity contribution in [1.82, 2.24) is 24.8 Å². The quantitative estimate of drug-likeness (QED) is 0.218. The second-order valence-corrected chi connectivity index (χ2v) is 9.34. The van der Waals surface area contributed by atoms with E-state index < -0.39 is 30.6 Å². The van der Waals surface area contributed by atoms with Crippen molar-refractivity contribution >= 4 is 22.9 Å². The van der Waals surface area contributed by atoms with Crippen LogP contribution in [0.2, 0.25) is 0 Å². The predicted octanol–water partition coefficient (Wildman–Crippen LogP) is 1.12. The van der Waals surface area contributed by atoms with Gasteiger partial charge < -0.3 is 31.1 Å². The zero-order valence-corrected chi connectivity index (χ0v) is 20.5. The molecule has 38 heavy (non-hydrogen) atoms. The molecule has 1 fully saturated rings. The third-order valence-corrected chi connectivity index (χ3v) is 6.89. The first-order valence-electron chi connectivity index (χ1n) is 12.4. The van der Waals surface area contributed by atoms with Gasteiger partial charge >= 0.3 is 0 Å². The summed E-state index contributed by atoms with van der Waals surface area (Å²) in [6, 6.07) is 19.9. The Bertz CT molecular complexity index is 1330. The van der Waals surface area contributed by atoms with Crippen LogP contribution in [-0.4, -0.2) is 71.7 Å². The Kier molecular flexibility index (Phi) is 7.61. The average molecular weight is 519 g/mol. The molecule has 1 amide bonds. The first-order chi connectivity index (χ1) is 18.4. The predicted molar refractivity (Wildman–Crippen MR) is 139 cm³/mol. The molecule has 198 valence electrons. The molecule has 4 aromatic rings. The Hall–Kier alpha value is -3.90. The zero-order valence-electron chi connectivity index (χ0n) is 20.5. The molecule has 1 aliphatic rings. The van der Waals surface area contributed by atoms with Crippen molar-refractivity contribution in [2.45, 2.75) is 49.4 Å². The molecule has 1 unspecified atom stereocenters. The van der Waals surface area contributed by atoms with Crippen LogP contribution in [0.1, 0.15) is 36.1 Å². The highest BCUT2D eigenvalue weighted by Crippen LogP contribution is 2.34. The first-order valence-corrected chi connectivity index (χ1v) is 12.4. The first kappa shape index (κ1) is 25.7. The monoisotopic (exact) mass is 518 g/mol. The molecular weight excluding hydrogens is 488 g/mol. The number of aliphatic hydroxyl groups excluding tert-OH is 3. The van der Waals surface area contributed by atoms with Gasteiger partial charge in [-0.05, 0) is 17.5 Å². The SMILES string of the molecule is Nc1ncnc2c1ncn2[C@@H]1O[C@H](C(O)CCC(=O)NCC(c2ccccc2)c2ccccc2)[C@@H](O)[C@H]1O. The highest BCUT2D eigenvalue weighted by molar-refractivity contribution is 5.81. The topological polar surface area (TPSA) is 169 Å². The van der Waals surface area contributed by atoms with Crippen molar-refractivity contribution < 1.29 is 24.9 Å². The number of nitrogens with two attached hydrogens (primary N) is 1. The Morgan fingerprint density at radius 3 is 2.32 bits per heavy atom. The molecule has 0 saturated carbocycles. The minimum atomic E-state index is -1.38. The number of fused-ring (bicyclic) bond motifs is 1. The molecular formula is C27H30N6O5. The summed E-state index contributed by atoms with van der Waals surface area (Å²) in [6.07, 6.45) is -3.38. The Morgan fingerprint density at radius 2 is 1.66 bits per heavy atom. The van der Waals surface area contributed by atoms with Crippen molar-refractivity contribution in [3.8, 4) is 0 Å². The highest BCUT2D eigenvalue weighted by Gasteiger charge is 2.47. The van der Waals surface area contributed by atoms with Gasteiger partial charge in [0.05, 0.1) is 12.4 Å². The molecule has 0 radical (unpaired) electrons. The van der Waals surface area contributed by atoms with Crippen molar-refractivity contribution in [2.24, 2.45) is 0 Å². The number of aliphatic hydroxyl groups is 3. The van der Waals surface area contributed by atoms with E-state index in [9.17, 15) is 20.1 Å². The number of hydrogen-bond acceptors (Lipinski definition) is 9. The normalized spacial score (nSPS) is 22.1. The number of carbonyl (C=O) groups excluding carboxylic acids is 1. The molecule has 5 rings (SSSR count). The third-order valence-electron chi connectivity index (χ3n) is 6.89. The second kappa shape index (κ2) is 11.2. The molecule has 3 heterocycles. The van der Waals surface area contributed by atoms with Crippen LogP contribution in [0, 0.1) is 0 Å². The number of anilines is 1. The Labute approximate surface area is 218 Å². The molecule has 1 saturated heterocycles. The summed E-state index contributed by atoms with van der Waals surface area (Å²) >= 11 is 0. The number of nitrogen functional groups attached to an aromatic ring is 1. The Balaban J connectivity index is 1.19. The molecule has 0 bridgehead atoms. The summed E-state index contributed by atoms with van der Waals surface area (Å²) < 4.78 is 7.26. The summed E-state index contributed by atoms with van der Waals surface area (Å²) in [6.45, 7) is 0.394. The van der Waals surface area contributed by atoms with Crippen LogP contribution in [-0.2, 0) is 9.53 Å². The number of carbonyl (C=O) groups is 1. The van der Waals surface area contributed by atoms with E-state index in [4.69, 9.17) is 10.5 Å². The maximum atomic E-state index is 12.7. The van der Waals surface area contributed by atoms with E-state index in [0.717, 1.165) is 11.1 Å². The smallest absolute Gasteiger partial charge is 0.220 e. The number of nitrogens with one attached hydrogen (secondary N) is 1. The molecule has 2 aromatic heterocycles. The van der Waals surface area contributed by atoms with Gasteiger partial charge in [0.15, 0.2) is 17.7 Å². The lowest BCUT2D eigenvalue weighted by molar-refractivity contribution is -0.123. The summed E-state index contributed by atoms with van der Waals surface area (Å²) in [5.74, 6) is -0.0885. The largest absolute Gasteiger partial charge is 0.390 e. The number of nitrogens with zero attached hydrogens (tertiary/aromatic N) is 4. The van der Waals surface area contributed by atoms with Gasteiger partial charge in [0.1, 0.15) is 30.2 Å². The number of ether oxygens (including phenoxy) is 1. The number of hydrogen-bond donors (Lipinski definition) is 5. The van der Waals surface area contributed by atoms with Gasteiger partial charge in [0.25, 0.3) is 0 Å². The number of amides is 1. The van der Waals surface area contributed by atoms with Crippen molar-refractivity contribution in [3.05, 3.63) is 84.4 Å². The molecule has 11 heteroatoms. The van der Waals surface area contributed by atoms with Gasteiger partial charge in [0.2, 0.25) is 5.91 Å². The van der Waals surface area contributed by atoms with Crippen LogP contribution in [0.3, 0.4) is 0 Å². The fraction of sp³-hybridized carbons (Fsp3) is 0.333. The number of rotatable bonds is 9. The maximum absolute atomic E-state index is 12.7. The van der Waals surface area contributed by atoms with E-state index in [2.05, 4.69) is 20.3 Å². The lowest BCUT2D eigenvalue weighted by Gasteiger charge is -2.22. The minimum absolute atomic E-state index is 0.0164. The second-order valence-electron chi connectivity index (χ2n) is 9.34. The maximum Gasteiger partial charge on any atom is 0.220 e. The number of benzene rings is 2. The summed E-state index contributed by atoms with van der Waals surface area (Å²) in [5.41, 5.74) is 8.66. The van der Waals surface area contributed by atoms with E-state index in [1.165, 1.54) is 17.2 Å². The van der Waals surface area contributed by atoms with E-state index in [-0.39, 0.29) is 30.5 Å². The summed E-state index contributed by atoms with van der Waals surface area (Å²) in [4.78, 5) is 24.9. The van der Waals surface area contributed by atoms with Crippen LogP contribution in [0.4, 0.5) is 5.82 Å². The summed E-state index contributed by atoms with van der Waals surface area (Å²) in [5, 5.41) is 34.9. The van der Waals surface area contributed by atoms with Gasteiger partial charge in [0, 0.05) is 18.9 Å². The van der Waals surface area contributed by atoms with Gasteiger partial charge in [-0.1, -0.05) is 60.7 Å². The van der Waals surface area contributed by atoms with Gasteiger partial charge in [-0.15, -0.1) is 0 Å².